The average Bonchev–Trinajstić information content (AvgIpc) is 3.35. The van der Waals surface area contributed by atoms with Crippen molar-refractivity contribution >= 4 is 45.9 Å². The summed E-state index contributed by atoms with van der Waals surface area (Å²) >= 11 is 3.29. The molecule has 0 N–H and O–H groups in total. The molecule has 0 bridgehead atoms. The van der Waals surface area contributed by atoms with E-state index in [1.165, 1.54) is 0 Å². The fourth-order valence-corrected chi connectivity index (χ4v) is 8.70. The molecule has 0 fully saturated rings. The lowest BCUT2D eigenvalue weighted by atomic mass is 10.3. The van der Waals surface area contributed by atoms with Crippen molar-refractivity contribution in [2.24, 2.45) is 0 Å². The van der Waals surface area contributed by atoms with Crippen molar-refractivity contribution in [1.82, 2.24) is 15.0 Å². The van der Waals surface area contributed by atoms with Gasteiger partial charge in [0.2, 0.25) is 0 Å². The van der Waals surface area contributed by atoms with Crippen LogP contribution in [0.15, 0.2) is 59.4 Å². The number of rotatable bonds is 2. The van der Waals surface area contributed by atoms with Crippen molar-refractivity contribution in [2.45, 2.75) is 0 Å². The molecule has 0 atom stereocenters. The fourth-order valence-electron chi connectivity index (χ4n) is 2.92. The highest BCUT2D eigenvalue weighted by Gasteiger charge is 2.44. The van der Waals surface area contributed by atoms with Crippen molar-refractivity contribution in [1.29, 1.82) is 0 Å². The number of benzene rings is 1. The number of hydrogen-bond acceptors (Lipinski definition) is 5. The van der Waals surface area contributed by atoms with Crippen LogP contribution in [0.4, 0.5) is 0 Å². The summed E-state index contributed by atoms with van der Waals surface area (Å²) < 4.78 is 15.6. The maximum atomic E-state index is 13.9. The third kappa shape index (κ3) is 1.74. The maximum Gasteiger partial charge on any atom is 0.194 e. The highest BCUT2D eigenvalue weighted by molar-refractivity contribution is 7.87. The maximum absolute atomic E-state index is 13.9. The molecule has 112 valence electrons. The summed E-state index contributed by atoms with van der Waals surface area (Å²) in [5.74, 6) is 0. The van der Waals surface area contributed by atoms with E-state index in [2.05, 4.69) is 10.3 Å². The Morgan fingerprint density at radius 2 is 1.57 bits per heavy atom. The Morgan fingerprint density at radius 1 is 0.913 bits per heavy atom. The van der Waals surface area contributed by atoms with Gasteiger partial charge >= 0.3 is 0 Å². The Bertz CT molecular complexity index is 1020. The number of fused-ring (bicyclic) bond motifs is 3. The van der Waals surface area contributed by atoms with Gasteiger partial charge in [-0.1, -0.05) is 23.4 Å². The molecule has 0 saturated heterocycles. The molecule has 0 aliphatic carbocycles. The van der Waals surface area contributed by atoms with Crippen LogP contribution in [0, 0.1) is 0 Å². The van der Waals surface area contributed by atoms with Crippen LogP contribution in [-0.2, 0) is 4.57 Å². The second kappa shape index (κ2) is 4.74. The minimum absolute atomic E-state index is 0.554. The zero-order chi connectivity index (χ0) is 15.4. The molecule has 0 spiro atoms. The normalized spacial score (nSPS) is 14.6. The van der Waals surface area contributed by atoms with Gasteiger partial charge in [-0.05, 0) is 35.0 Å². The van der Waals surface area contributed by atoms with E-state index in [0.717, 1.165) is 26.1 Å². The first-order chi connectivity index (χ1) is 11.3. The smallest absolute Gasteiger partial charge is 0.194 e. The van der Waals surface area contributed by atoms with Crippen molar-refractivity contribution in [3.05, 3.63) is 59.4 Å². The van der Waals surface area contributed by atoms with Crippen molar-refractivity contribution in [3.63, 3.8) is 0 Å². The van der Waals surface area contributed by atoms with E-state index < -0.39 is 7.14 Å². The molecule has 0 amide bonds. The third-order valence-corrected chi connectivity index (χ3v) is 9.25. The molecule has 1 aromatic carbocycles. The van der Waals surface area contributed by atoms with E-state index in [0.29, 0.717) is 5.44 Å². The van der Waals surface area contributed by atoms with Crippen LogP contribution >= 0.6 is 29.8 Å². The van der Waals surface area contributed by atoms with Crippen LogP contribution in [0.2, 0.25) is 0 Å². The van der Waals surface area contributed by atoms with Crippen LogP contribution in [0.25, 0.3) is 15.4 Å². The number of thiophene rings is 2. The van der Waals surface area contributed by atoms with Gasteiger partial charge < -0.3 is 4.57 Å². The molecule has 5 rings (SSSR count). The van der Waals surface area contributed by atoms with Gasteiger partial charge in [0, 0.05) is 10.6 Å². The molecular formula is C16H10N3OPS2. The average molecular weight is 355 g/mol. The van der Waals surface area contributed by atoms with Crippen molar-refractivity contribution in [3.8, 4) is 15.4 Å². The highest BCUT2D eigenvalue weighted by atomic mass is 32.1. The van der Waals surface area contributed by atoms with Crippen LogP contribution < -0.4 is 16.0 Å². The topological polar surface area (TPSA) is 47.8 Å². The minimum atomic E-state index is -2.88. The van der Waals surface area contributed by atoms with E-state index in [1.54, 1.807) is 33.6 Å². The summed E-state index contributed by atoms with van der Waals surface area (Å²) in [4.78, 5) is 2.24. The third-order valence-electron chi connectivity index (χ3n) is 4.00. The van der Waals surface area contributed by atoms with Gasteiger partial charge in [0.25, 0.3) is 0 Å². The Kier molecular flexibility index (Phi) is 2.77. The lowest BCUT2D eigenvalue weighted by molar-refractivity contribution is 0.592. The van der Waals surface area contributed by atoms with Gasteiger partial charge in [-0.2, -0.15) is 0 Å². The van der Waals surface area contributed by atoms with Crippen LogP contribution in [-0.4, -0.2) is 15.0 Å². The highest BCUT2D eigenvalue weighted by Crippen LogP contribution is 2.54. The van der Waals surface area contributed by atoms with E-state index in [4.69, 9.17) is 0 Å². The molecule has 0 saturated carbocycles. The predicted molar refractivity (Wildman–Crippen MR) is 95.5 cm³/mol. The number of hydrogen-bond donors (Lipinski definition) is 0. The van der Waals surface area contributed by atoms with Gasteiger partial charge in [-0.15, -0.1) is 27.8 Å². The molecular weight excluding hydrogens is 345 g/mol. The van der Waals surface area contributed by atoms with E-state index in [9.17, 15) is 4.57 Å². The monoisotopic (exact) mass is 355 g/mol. The molecule has 0 radical (unpaired) electrons. The predicted octanol–water partition coefficient (Wildman–Crippen LogP) is 3.01. The first kappa shape index (κ1) is 13.4. The molecule has 23 heavy (non-hydrogen) atoms. The minimum Gasteiger partial charge on any atom is -0.307 e. The molecule has 3 aromatic heterocycles. The van der Waals surface area contributed by atoms with Crippen LogP contribution in [0.3, 0.4) is 0 Å². The van der Waals surface area contributed by atoms with E-state index >= 15 is 0 Å². The molecule has 4 heterocycles. The Balaban J connectivity index is 1.72. The summed E-state index contributed by atoms with van der Waals surface area (Å²) in [6, 6.07) is 13.7. The molecule has 4 nitrogen and oxygen atoms in total. The quantitative estimate of drug-likeness (QED) is 0.457. The van der Waals surface area contributed by atoms with Gasteiger partial charge in [-0.3, -0.25) is 0 Å². The first-order valence-electron chi connectivity index (χ1n) is 7.03. The Labute approximate surface area is 140 Å². The second-order valence-corrected chi connectivity index (χ2v) is 9.71. The van der Waals surface area contributed by atoms with Crippen molar-refractivity contribution in [2.75, 3.05) is 0 Å². The lowest BCUT2D eigenvalue weighted by Crippen LogP contribution is -2.20. The second-order valence-electron chi connectivity index (χ2n) is 5.24. The van der Waals surface area contributed by atoms with E-state index in [-0.39, 0.29) is 0 Å². The van der Waals surface area contributed by atoms with Crippen LogP contribution in [0.5, 0.6) is 0 Å². The standard InChI is InChI=1S/C16H10N3OPS2/c20-21(12-6-8-22-15(12)16-13(21)7-9-23-16)14-10-19(18-17-14)11-4-2-1-3-5-11/h1-10H. The molecule has 1 aliphatic rings. The summed E-state index contributed by atoms with van der Waals surface area (Å²) in [6.07, 6.45) is 1.80. The molecule has 7 heteroatoms. The Hall–Kier alpha value is -2.01. The lowest BCUT2D eigenvalue weighted by Gasteiger charge is -2.08. The molecule has 0 unspecified atom stereocenters. The zero-order valence-electron chi connectivity index (χ0n) is 11.8. The Morgan fingerprint density at radius 3 is 2.22 bits per heavy atom. The van der Waals surface area contributed by atoms with Gasteiger partial charge in [0.05, 0.1) is 21.6 Å². The summed E-state index contributed by atoms with van der Waals surface area (Å²) in [6.45, 7) is 0. The van der Waals surface area contributed by atoms with Crippen molar-refractivity contribution < 1.29 is 4.57 Å². The summed E-state index contributed by atoms with van der Waals surface area (Å²) in [5.41, 5.74) is 1.46. The number of aromatic nitrogens is 3. The van der Waals surface area contributed by atoms with Crippen LogP contribution in [0.1, 0.15) is 0 Å². The number of para-hydroxylation sites is 1. The number of nitrogens with zero attached hydrogens (tertiary/aromatic N) is 3. The first-order valence-corrected chi connectivity index (χ1v) is 10.5. The molecule has 4 aromatic rings. The SMILES string of the molecule is O=P1(c2cn(-c3ccccc3)nn2)c2ccsc2-c2sccc21. The van der Waals surface area contributed by atoms with Gasteiger partial charge in [0.1, 0.15) is 0 Å². The van der Waals surface area contributed by atoms with Gasteiger partial charge in [0.15, 0.2) is 12.6 Å². The summed E-state index contributed by atoms with van der Waals surface area (Å²) in [5, 5.41) is 14.3. The largest absolute Gasteiger partial charge is 0.307 e. The zero-order valence-corrected chi connectivity index (χ0v) is 14.3. The van der Waals surface area contributed by atoms with Gasteiger partial charge in [-0.25, -0.2) is 4.68 Å². The molecule has 1 aliphatic heterocycles. The summed E-state index contributed by atoms with van der Waals surface area (Å²) in [7, 11) is -2.88. The van der Waals surface area contributed by atoms with E-state index in [1.807, 2.05) is 53.2 Å². The fraction of sp³-hybridized carbons (Fsp3) is 0.